The van der Waals surface area contributed by atoms with Crippen LogP contribution in [-0.2, 0) is 14.3 Å². The number of aliphatic hydroxyl groups excluding tert-OH is 1. The van der Waals surface area contributed by atoms with Gasteiger partial charge in [-0.25, -0.2) is 4.18 Å². The Labute approximate surface area is 96.0 Å². The van der Waals surface area contributed by atoms with Gasteiger partial charge in [-0.2, -0.15) is 8.42 Å². The third kappa shape index (κ3) is 3.30. The van der Waals surface area contributed by atoms with Crippen LogP contribution in [-0.4, -0.2) is 19.8 Å². The lowest BCUT2D eigenvalue weighted by Crippen LogP contribution is -2.31. The van der Waals surface area contributed by atoms with Gasteiger partial charge in [0.2, 0.25) is 0 Å². The lowest BCUT2D eigenvalue weighted by molar-refractivity contribution is -0.0890. The lowest BCUT2D eigenvalue weighted by Gasteiger charge is -2.24. The molecule has 0 radical (unpaired) electrons. The van der Waals surface area contributed by atoms with Crippen LogP contribution in [0.5, 0.6) is 0 Å². The van der Waals surface area contributed by atoms with Crippen molar-refractivity contribution < 1.29 is 17.7 Å². The van der Waals surface area contributed by atoms with Crippen LogP contribution in [0.4, 0.5) is 0 Å². The third-order valence-corrected chi connectivity index (χ3v) is 3.28. The monoisotopic (exact) mass is 244 g/mol. The van der Waals surface area contributed by atoms with Gasteiger partial charge in [0.15, 0.2) is 6.29 Å². The minimum atomic E-state index is -3.89. The van der Waals surface area contributed by atoms with Crippen LogP contribution in [0.3, 0.4) is 0 Å². The fourth-order valence-corrected chi connectivity index (χ4v) is 2.04. The first-order chi connectivity index (χ1) is 7.23. The summed E-state index contributed by atoms with van der Waals surface area (Å²) in [5, 5.41) is 9.58. The molecule has 0 fully saturated rings. The molecule has 0 aliphatic rings. The predicted octanol–water partition coefficient (Wildman–Crippen LogP) is 1.76. The van der Waals surface area contributed by atoms with Crippen molar-refractivity contribution >= 4 is 10.1 Å². The molecule has 0 spiro atoms. The molecule has 4 nitrogen and oxygen atoms in total. The molecular weight excluding hydrogens is 228 g/mol. The highest BCUT2D eigenvalue weighted by Crippen LogP contribution is 2.24. The quantitative estimate of drug-likeness (QED) is 0.650. The second kappa shape index (κ2) is 4.53. The molecule has 5 heteroatoms. The molecule has 16 heavy (non-hydrogen) atoms. The third-order valence-electron chi connectivity index (χ3n) is 1.99. The maximum atomic E-state index is 11.7. The second-order valence-corrected chi connectivity index (χ2v) is 6.15. The maximum Gasteiger partial charge on any atom is 0.299 e. The SMILES string of the molecule is CC(C)(C)C(O)OS(=O)(=O)c1ccccc1. The van der Waals surface area contributed by atoms with E-state index in [2.05, 4.69) is 0 Å². The summed E-state index contributed by atoms with van der Waals surface area (Å²) in [5.74, 6) is 0. The second-order valence-electron chi connectivity index (χ2n) is 4.58. The predicted molar refractivity (Wildman–Crippen MR) is 60.2 cm³/mol. The van der Waals surface area contributed by atoms with Crippen molar-refractivity contribution in [2.24, 2.45) is 5.41 Å². The zero-order valence-corrected chi connectivity index (χ0v) is 10.4. The molecule has 0 aliphatic carbocycles. The normalized spacial score (nSPS) is 14.8. The topological polar surface area (TPSA) is 63.6 Å². The van der Waals surface area contributed by atoms with Gasteiger partial charge in [-0.3, -0.25) is 0 Å². The summed E-state index contributed by atoms with van der Waals surface area (Å²) in [6.07, 6.45) is -1.36. The van der Waals surface area contributed by atoms with Crippen LogP contribution in [0.2, 0.25) is 0 Å². The van der Waals surface area contributed by atoms with Crippen LogP contribution in [0, 0.1) is 5.41 Å². The Morgan fingerprint density at radius 1 is 1.19 bits per heavy atom. The van der Waals surface area contributed by atoms with Crippen LogP contribution < -0.4 is 0 Å². The summed E-state index contributed by atoms with van der Waals surface area (Å²) >= 11 is 0. The molecule has 0 heterocycles. The fraction of sp³-hybridized carbons (Fsp3) is 0.455. The highest BCUT2D eigenvalue weighted by atomic mass is 32.2. The van der Waals surface area contributed by atoms with Crippen LogP contribution in [0.25, 0.3) is 0 Å². The number of hydrogen-bond donors (Lipinski definition) is 1. The van der Waals surface area contributed by atoms with Crippen molar-refractivity contribution in [3.05, 3.63) is 30.3 Å². The standard InChI is InChI=1S/C11H16O4S/c1-11(2,3)10(12)15-16(13,14)9-7-5-4-6-8-9/h4-8,10,12H,1-3H3. The van der Waals surface area contributed by atoms with E-state index in [1.54, 1.807) is 39.0 Å². The van der Waals surface area contributed by atoms with Gasteiger partial charge in [-0.05, 0) is 12.1 Å². The van der Waals surface area contributed by atoms with Gasteiger partial charge in [0.1, 0.15) is 0 Å². The Morgan fingerprint density at radius 2 is 1.69 bits per heavy atom. The van der Waals surface area contributed by atoms with E-state index in [1.165, 1.54) is 12.1 Å². The molecule has 90 valence electrons. The molecular formula is C11H16O4S. The van der Waals surface area contributed by atoms with Crippen molar-refractivity contribution in [2.45, 2.75) is 32.0 Å². The molecule has 0 bridgehead atoms. The minimum Gasteiger partial charge on any atom is -0.366 e. The number of hydrogen-bond acceptors (Lipinski definition) is 4. The Kier molecular flexibility index (Phi) is 3.72. The summed E-state index contributed by atoms with van der Waals surface area (Å²) < 4.78 is 28.1. The van der Waals surface area contributed by atoms with E-state index in [1.807, 2.05) is 0 Å². The fourth-order valence-electron chi connectivity index (χ4n) is 0.907. The molecule has 0 amide bonds. The van der Waals surface area contributed by atoms with Crippen molar-refractivity contribution in [1.29, 1.82) is 0 Å². The molecule has 1 rings (SSSR count). The van der Waals surface area contributed by atoms with Crippen molar-refractivity contribution in [1.82, 2.24) is 0 Å². The summed E-state index contributed by atoms with van der Waals surface area (Å²) in [4.78, 5) is 0.0401. The molecule has 1 unspecified atom stereocenters. The van der Waals surface area contributed by atoms with Crippen LogP contribution >= 0.6 is 0 Å². The zero-order valence-electron chi connectivity index (χ0n) is 9.54. The highest BCUT2D eigenvalue weighted by Gasteiger charge is 2.29. The Balaban J connectivity index is 2.90. The van der Waals surface area contributed by atoms with Crippen LogP contribution in [0.1, 0.15) is 20.8 Å². The van der Waals surface area contributed by atoms with E-state index in [0.717, 1.165) is 0 Å². The van der Waals surface area contributed by atoms with Crippen molar-refractivity contribution in [3.63, 3.8) is 0 Å². The molecule has 1 atom stereocenters. The molecule has 1 aromatic rings. The lowest BCUT2D eigenvalue weighted by atomic mass is 9.96. The van der Waals surface area contributed by atoms with E-state index < -0.39 is 21.8 Å². The summed E-state index contributed by atoms with van der Waals surface area (Å²) in [7, 11) is -3.89. The van der Waals surface area contributed by atoms with Gasteiger partial charge in [0.05, 0.1) is 4.90 Å². The van der Waals surface area contributed by atoms with Crippen molar-refractivity contribution in [2.75, 3.05) is 0 Å². The molecule has 0 aliphatic heterocycles. The molecule has 1 N–H and O–H groups in total. The van der Waals surface area contributed by atoms with Crippen molar-refractivity contribution in [3.8, 4) is 0 Å². The first kappa shape index (κ1) is 13.2. The summed E-state index contributed by atoms with van der Waals surface area (Å²) in [6, 6.07) is 7.74. The van der Waals surface area contributed by atoms with Gasteiger partial charge in [-0.15, -0.1) is 0 Å². The largest absolute Gasteiger partial charge is 0.366 e. The van der Waals surface area contributed by atoms with Crippen LogP contribution in [0.15, 0.2) is 35.2 Å². The molecule has 1 aromatic carbocycles. The van der Waals surface area contributed by atoms with Gasteiger partial charge in [-0.1, -0.05) is 39.0 Å². The Hall–Kier alpha value is -0.910. The zero-order chi connectivity index (χ0) is 12.4. The maximum absolute atomic E-state index is 11.7. The van der Waals surface area contributed by atoms with E-state index in [-0.39, 0.29) is 4.90 Å². The van der Waals surface area contributed by atoms with Gasteiger partial charge >= 0.3 is 0 Å². The van der Waals surface area contributed by atoms with E-state index in [9.17, 15) is 13.5 Å². The summed E-state index contributed by atoms with van der Waals surface area (Å²) in [6.45, 7) is 5.08. The first-order valence-electron chi connectivity index (χ1n) is 4.90. The van der Waals surface area contributed by atoms with E-state index in [4.69, 9.17) is 4.18 Å². The first-order valence-corrected chi connectivity index (χ1v) is 6.31. The minimum absolute atomic E-state index is 0.0401. The molecule has 0 saturated carbocycles. The number of aliphatic hydroxyl groups is 1. The molecule has 0 saturated heterocycles. The Morgan fingerprint density at radius 3 is 2.12 bits per heavy atom. The average molecular weight is 244 g/mol. The number of benzene rings is 1. The smallest absolute Gasteiger partial charge is 0.299 e. The summed E-state index contributed by atoms with van der Waals surface area (Å²) in [5.41, 5.74) is -0.651. The highest BCUT2D eigenvalue weighted by molar-refractivity contribution is 7.86. The van der Waals surface area contributed by atoms with Gasteiger partial charge in [0.25, 0.3) is 10.1 Å². The number of rotatable bonds is 3. The Bertz CT molecular complexity index is 431. The average Bonchev–Trinajstić information content (AvgIpc) is 2.17. The molecule has 0 aromatic heterocycles. The van der Waals surface area contributed by atoms with E-state index in [0.29, 0.717) is 0 Å². The van der Waals surface area contributed by atoms with E-state index >= 15 is 0 Å². The van der Waals surface area contributed by atoms with Gasteiger partial charge < -0.3 is 5.11 Å². The van der Waals surface area contributed by atoms with Gasteiger partial charge in [0, 0.05) is 5.41 Å².